The summed E-state index contributed by atoms with van der Waals surface area (Å²) in [5, 5.41) is 0. The topological polar surface area (TPSA) is 49.4 Å². The van der Waals surface area contributed by atoms with Gasteiger partial charge in [0, 0.05) is 58.6 Å². The molecule has 1 heterocycles. The first-order valence-corrected chi connectivity index (χ1v) is 11.5. The molecule has 0 radical (unpaired) electrons. The molecule has 1 fully saturated rings. The highest BCUT2D eigenvalue weighted by Gasteiger charge is 2.44. The Labute approximate surface area is 149 Å². The van der Waals surface area contributed by atoms with Crippen molar-refractivity contribution < 1.29 is 22.8 Å². The zero-order chi connectivity index (χ0) is 17.9. The van der Waals surface area contributed by atoms with Crippen molar-refractivity contribution in [3.63, 3.8) is 0 Å². The van der Waals surface area contributed by atoms with E-state index in [4.69, 9.17) is 22.8 Å². The van der Waals surface area contributed by atoms with E-state index in [1.807, 2.05) is 34.6 Å². The van der Waals surface area contributed by atoms with Gasteiger partial charge < -0.3 is 22.8 Å². The second kappa shape index (κ2) is 11.6. The van der Waals surface area contributed by atoms with E-state index in [1.54, 1.807) is 0 Å². The van der Waals surface area contributed by atoms with E-state index in [0.29, 0.717) is 33.0 Å². The molecule has 6 nitrogen and oxygen atoms in total. The van der Waals surface area contributed by atoms with Crippen LogP contribution in [0.25, 0.3) is 0 Å². The van der Waals surface area contributed by atoms with Gasteiger partial charge in [0.25, 0.3) is 0 Å². The van der Waals surface area contributed by atoms with Crippen LogP contribution < -0.4 is 0 Å². The van der Waals surface area contributed by atoms with Gasteiger partial charge >= 0.3 is 8.80 Å². The van der Waals surface area contributed by atoms with Crippen molar-refractivity contribution in [3.05, 3.63) is 0 Å². The van der Waals surface area contributed by atoms with E-state index in [0.717, 1.165) is 38.4 Å². The maximum Gasteiger partial charge on any atom is 0.500 e. The van der Waals surface area contributed by atoms with Gasteiger partial charge in [0.05, 0.1) is 0 Å². The standard InChI is InChI=1S/C17H37NO5Si/c1-6-19-17(20-7-2)13-11-14-18(17)15-12-16-24(21-8-3,22-9-4)23-10-5/h6-16H2,1-5H3. The fourth-order valence-corrected chi connectivity index (χ4v) is 6.00. The summed E-state index contributed by atoms with van der Waals surface area (Å²) in [6.45, 7) is 15.1. The minimum absolute atomic E-state index is 0.545. The quantitative estimate of drug-likeness (QED) is 0.349. The highest BCUT2D eigenvalue weighted by molar-refractivity contribution is 6.60. The molecular formula is C17H37NO5Si. The van der Waals surface area contributed by atoms with Crippen molar-refractivity contribution >= 4 is 8.80 Å². The zero-order valence-electron chi connectivity index (χ0n) is 16.3. The van der Waals surface area contributed by atoms with Crippen LogP contribution in [0.15, 0.2) is 0 Å². The third kappa shape index (κ3) is 6.05. The molecule has 0 amide bonds. The van der Waals surface area contributed by atoms with Crippen molar-refractivity contribution in [2.75, 3.05) is 46.1 Å². The van der Waals surface area contributed by atoms with Crippen LogP contribution in [-0.4, -0.2) is 65.7 Å². The molecule has 1 aliphatic heterocycles. The summed E-state index contributed by atoms with van der Waals surface area (Å²) in [7, 11) is -2.56. The minimum atomic E-state index is -2.56. The van der Waals surface area contributed by atoms with Crippen LogP contribution >= 0.6 is 0 Å². The number of nitrogens with zero attached hydrogens (tertiary/aromatic N) is 1. The van der Waals surface area contributed by atoms with Crippen molar-refractivity contribution in [2.45, 2.75) is 65.8 Å². The van der Waals surface area contributed by atoms with Crippen LogP contribution in [0.3, 0.4) is 0 Å². The summed E-state index contributed by atoms with van der Waals surface area (Å²) < 4.78 is 29.8. The molecule has 0 saturated carbocycles. The third-order valence-electron chi connectivity index (χ3n) is 4.15. The Kier molecular flexibility index (Phi) is 10.6. The van der Waals surface area contributed by atoms with Gasteiger partial charge in [-0.3, -0.25) is 4.90 Å². The first-order chi connectivity index (χ1) is 11.6. The average molecular weight is 364 g/mol. The number of rotatable bonds is 14. The second-order valence-corrected chi connectivity index (χ2v) is 8.49. The molecule has 1 saturated heterocycles. The van der Waals surface area contributed by atoms with Crippen LogP contribution in [0.4, 0.5) is 0 Å². The van der Waals surface area contributed by atoms with Crippen molar-refractivity contribution in [3.8, 4) is 0 Å². The largest absolute Gasteiger partial charge is 0.500 e. The molecule has 0 aliphatic carbocycles. The first-order valence-electron chi connectivity index (χ1n) is 9.56. The van der Waals surface area contributed by atoms with E-state index in [2.05, 4.69) is 4.90 Å². The van der Waals surface area contributed by atoms with Crippen LogP contribution in [0.5, 0.6) is 0 Å². The molecule has 0 bridgehead atoms. The number of hydrogen-bond donors (Lipinski definition) is 0. The first kappa shape index (κ1) is 22.0. The third-order valence-corrected chi connectivity index (χ3v) is 7.30. The molecule has 0 aromatic carbocycles. The van der Waals surface area contributed by atoms with E-state index < -0.39 is 14.7 Å². The normalized spacial score (nSPS) is 18.4. The molecule has 1 aliphatic rings. The molecule has 0 unspecified atom stereocenters. The highest BCUT2D eigenvalue weighted by Crippen LogP contribution is 2.32. The summed E-state index contributed by atoms with van der Waals surface area (Å²) in [4.78, 5) is 2.32. The van der Waals surface area contributed by atoms with Gasteiger partial charge in [0.15, 0.2) is 0 Å². The Morgan fingerprint density at radius 1 is 0.833 bits per heavy atom. The molecule has 0 spiro atoms. The summed E-state index contributed by atoms with van der Waals surface area (Å²) in [5.41, 5.74) is 0. The zero-order valence-corrected chi connectivity index (χ0v) is 17.3. The Bertz CT molecular complexity index is 309. The van der Waals surface area contributed by atoms with E-state index in [9.17, 15) is 0 Å². The Morgan fingerprint density at radius 3 is 1.83 bits per heavy atom. The fraction of sp³-hybridized carbons (Fsp3) is 1.00. The molecule has 0 aromatic rings. The highest BCUT2D eigenvalue weighted by atomic mass is 28.4. The van der Waals surface area contributed by atoms with Gasteiger partial charge in [0.1, 0.15) is 0 Å². The lowest BCUT2D eigenvalue weighted by atomic mass is 10.3. The molecule has 0 N–H and O–H groups in total. The van der Waals surface area contributed by atoms with Gasteiger partial charge in [-0.25, -0.2) is 0 Å². The number of likely N-dealkylation sites (tertiary alicyclic amines) is 1. The van der Waals surface area contributed by atoms with E-state index in [1.165, 1.54) is 0 Å². The van der Waals surface area contributed by atoms with Gasteiger partial charge in [0.2, 0.25) is 5.91 Å². The van der Waals surface area contributed by atoms with E-state index >= 15 is 0 Å². The Balaban J connectivity index is 2.64. The Morgan fingerprint density at radius 2 is 1.38 bits per heavy atom. The fourth-order valence-electron chi connectivity index (χ4n) is 3.41. The Hall–Kier alpha value is -0.0231. The minimum Gasteiger partial charge on any atom is -0.374 e. The van der Waals surface area contributed by atoms with Gasteiger partial charge in [-0.1, -0.05) is 0 Å². The van der Waals surface area contributed by atoms with Crippen LogP contribution in [-0.2, 0) is 22.8 Å². The van der Waals surface area contributed by atoms with Crippen molar-refractivity contribution in [1.82, 2.24) is 4.90 Å². The van der Waals surface area contributed by atoms with Crippen LogP contribution in [0.1, 0.15) is 53.9 Å². The lowest BCUT2D eigenvalue weighted by molar-refractivity contribution is -0.300. The number of hydrogen-bond acceptors (Lipinski definition) is 6. The van der Waals surface area contributed by atoms with Crippen molar-refractivity contribution in [2.24, 2.45) is 0 Å². The summed E-state index contributed by atoms with van der Waals surface area (Å²) in [6, 6.07) is 0.827. The predicted octanol–water partition coefficient (Wildman–Crippen LogP) is 3.25. The van der Waals surface area contributed by atoms with Gasteiger partial charge in [-0.05, 0) is 47.5 Å². The second-order valence-electron chi connectivity index (χ2n) is 5.75. The SMILES string of the molecule is CCOC1(OCC)CCCN1CCC[Si](OCC)(OCC)OCC. The lowest BCUT2D eigenvalue weighted by Gasteiger charge is -2.38. The average Bonchev–Trinajstić information content (AvgIpc) is 2.91. The summed E-state index contributed by atoms with van der Waals surface area (Å²) in [6.07, 6.45) is 2.98. The molecule has 0 atom stereocenters. The molecular weight excluding hydrogens is 326 g/mol. The molecule has 144 valence electrons. The molecule has 7 heteroatoms. The van der Waals surface area contributed by atoms with E-state index in [-0.39, 0.29) is 0 Å². The lowest BCUT2D eigenvalue weighted by Crippen LogP contribution is -2.50. The smallest absolute Gasteiger partial charge is 0.374 e. The van der Waals surface area contributed by atoms with Crippen LogP contribution in [0.2, 0.25) is 6.04 Å². The maximum atomic E-state index is 5.99. The van der Waals surface area contributed by atoms with Gasteiger partial charge in [-0.15, -0.1) is 0 Å². The summed E-state index contributed by atoms with van der Waals surface area (Å²) in [5.74, 6) is -0.545. The van der Waals surface area contributed by atoms with Gasteiger partial charge in [-0.2, -0.15) is 0 Å². The molecule has 24 heavy (non-hydrogen) atoms. The molecule has 0 aromatic heterocycles. The molecule has 1 rings (SSSR count). The van der Waals surface area contributed by atoms with Crippen LogP contribution in [0, 0.1) is 0 Å². The van der Waals surface area contributed by atoms with Crippen molar-refractivity contribution in [1.29, 1.82) is 0 Å². The monoisotopic (exact) mass is 363 g/mol. The summed E-state index contributed by atoms with van der Waals surface area (Å²) >= 11 is 0. The maximum absolute atomic E-state index is 5.99. The predicted molar refractivity (Wildman–Crippen MR) is 96.8 cm³/mol. The number of ether oxygens (including phenoxy) is 2.